The Kier molecular flexibility index (Phi) is 3.94. The van der Waals surface area contributed by atoms with E-state index in [1.807, 2.05) is 0 Å². The van der Waals surface area contributed by atoms with Crippen LogP contribution >= 0.6 is 45.8 Å². The van der Waals surface area contributed by atoms with Gasteiger partial charge in [0.15, 0.2) is 0 Å². The summed E-state index contributed by atoms with van der Waals surface area (Å²) in [4.78, 5) is -1.16. The van der Waals surface area contributed by atoms with Gasteiger partial charge in [-0.3, -0.25) is 0 Å². The lowest BCUT2D eigenvalue weighted by molar-refractivity contribution is -0.138. The van der Waals surface area contributed by atoms with Crippen LogP contribution in [-0.2, 0) is 6.18 Å². The van der Waals surface area contributed by atoms with Crippen LogP contribution in [-0.4, -0.2) is 0 Å². The van der Waals surface area contributed by atoms with Crippen molar-refractivity contribution in [2.75, 3.05) is 0 Å². The van der Waals surface area contributed by atoms with E-state index in [9.17, 15) is 13.2 Å². The molecule has 0 saturated heterocycles. The Morgan fingerprint density at radius 1 is 1.21 bits per heavy atom. The minimum atomic E-state index is -4.42. The maximum absolute atomic E-state index is 12.5. The minimum Gasteiger partial charge on any atom is -0.166 e. The normalized spacial score (nSPS) is 12.2. The van der Waals surface area contributed by atoms with E-state index in [0.29, 0.717) is 3.57 Å². The van der Waals surface area contributed by atoms with Crippen molar-refractivity contribution in [3.8, 4) is 0 Å². The van der Waals surface area contributed by atoms with Crippen molar-refractivity contribution >= 4 is 45.8 Å². The molecule has 6 heteroatoms. The van der Waals surface area contributed by atoms with Gasteiger partial charge in [0.05, 0.1) is 5.56 Å². The third-order valence-electron chi connectivity index (χ3n) is 1.56. The summed E-state index contributed by atoms with van der Waals surface area (Å²) in [5.74, 6) is 0. The molecule has 0 fully saturated rings. The van der Waals surface area contributed by atoms with Gasteiger partial charge in [0.1, 0.15) is 4.84 Å². The molecule has 14 heavy (non-hydrogen) atoms. The molecule has 0 aliphatic rings. The molecule has 1 aromatic rings. The van der Waals surface area contributed by atoms with E-state index in [4.69, 9.17) is 23.2 Å². The molecule has 0 nitrogen and oxygen atoms in total. The average Bonchev–Trinajstić information content (AvgIpc) is 2.01. The third-order valence-corrected chi connectivity index (χ3v) is 2.70. The predicted molar refractivity (Wildman–Crippen MR) is 58.6 cm³/mol. The minimum absolute atomic E-state index is 0.110. The second-order valence-corrected chi connectivity index (χ2v) is 4.87. The number of rotatable bonds is 1. The zero-order chi connectivity index (χ0) is 10.9. The van der Waals surface area contributed by atoms with Crippen molar-refractivity contribution in [2.45, 2.75) is 11.0 Å². The van der Waals surface area contributed by atoms with Gasteiger partial charge in [-0.25, -0.2) is 0 Å². The maximum Gasteiger partial charge on any atom is 0.416 e. The van der Waals surface area contributed by atoms with Crippen LogP contribution in [0.3, 0.4) is 0 Å². The first-order chi connectivity index (χ1) is 6.32. The average molecular weight is 355 g/mol. The van der Waals surface area contributed by atoms with Gasteiger partial charge in [0.2, 0.25) is 0 Å². The summed E-state index contributed by atoms with van der Waals surface area (Å²) in [6, 6.07) is 3.84. The van der Waals surface area contributed by atoms with Crippen molar-refractivity contribution in [1.29, 1.82) is 0 Å². The van der Waals surface area contributed by atoms with Crippen LogP contribution in [0.25, 0.3) is 0 Å². The fourth-order valence-electron chi connectivity index (χ4n) is 0.964. The first-order valence-corrected chi connectivity index (χ1v) is 5.42. The smallest absolute Gasteiger partial charge is 0.166 e. The standard InChI is InChI=1S/C8H4Cl2F3I/c9-7(10)5-2-1-4(14)3-6(5)8(11,12)13/h1-3,7H. The first-order valence-electron chi connectivity index (χ1n) is 3.47. The third kappa shape index (κ3) is 2.90. The zero-order valence-electron chi connectivity index (χ0n) is 6.58. The van der Waals surface area contributed by atoms with Crippen molar-refractivity contribution < 1.29 is 13.2 Å². The van der Waals surface area contributed by atoms with Gasteiger partial charge >= 0.3 is 6.18 Å². The molecule has 0 atom stereocenters. The van der Waals surface area contributed by atoms with Crippen LogP contribution in [0.15, 0.2) is 18.2 Å². The monoisotopic (exact) mass is 354 g/mol. The Morgan fingerprint density at radius 2 is 1.79 bits per heavy atom. The van der Waals surface area contributed by atoms with Gasteiger partial charge in [-0.1, -0.05) is 6.07 Å². The van der Waals surface area contributed by atoms with Crippen LogP contribution < -0.4 is 0 Å². The molecule has 0 amide bonds. The second kappa shape index (κ2) is 4.45. The van der Waals surface area contributed by atoms with Crippen molar-refractivity contribution in [1.82, 2.24) is 0 Å². The Hall–Kier alpha value is 0.320. The summed E-state index contributed by atoms with van der Waals surface area (Å²) in [6.45, 7) is 0. The summed E-state index contributed by atoms with van der Waals surface area (Å²) < 4.78 is 37.9. The zero-order valence-corrected chi connectivity index (χ0v) is 10.2. The highest BCUT2D eigenvalue weighted by atomic mass is 127. The Labute approximate surface area is 103 Å². The van der Waals surface area contributed by atoms with Gasteiger partial charge in [0, 0.05) is 3.57 Å². The highest BCUT2D eigenvalue weighted by molar-refractivity contribution is 14.1. The molecule has 0 saturated carbocycles. The van der Waals surface area contributed by atoms with Gasteiger partial charge in [-0.15, -0.1) is 23.2 Å². The van der Waals surface area contributed by atoms with E-state index in [1.54, 1.807) is 22.6 Å². The summed E-state index contributed by atoms with van der Waals surface area (Å²) >= 11 is 12.7. The molecule has 0 heterocycles. The molecule has 0 aromatic heterocycles. The number of halogens is 6. The molecule has 1 rings (SSSR count). The first kappa shape index (κ1) is 12.4. The SMILES string of the molecule is FC(F)(F)c1cc(I)ccc1C(Cl)Cl. The van der Waals surface area contributed by atoms with E-state index < -0.39 is 16.6 Å². The number of benzene rings is 1. The van der Waals surface area contributed by atoms with Crippen LogP contribution in [0.5, 0.6) is 0 Å². The van der Waals surface area contributed by atoms with Crippen LogP contribution in [0.1, 0.15) is 16.0 Å². The Morgan fingerprint density at radius 3 is 2.21 bits per heavy atom. The molecule has 0 unspecified atom stereocenters. The number of hydrogen-bond acceptors (Lipinski definition) is 0. The molecule has 0 N–H and O–H groups in total. The van der Waals surface area contributed by atoms with Crippen molar-refractivity contribution in [2.24, 2.45) is 0 Å². The largest absolute Gasteiger partial charge is 0.416 e. The van der Waals surface area contributed by atoms with Gasteiger partial charge < -0.3 is 0 Å². The highest BCUT2D eigenvalue weighted by Crippen LogP contribution is 2.38. The highest BCUT2D eigenvalue weighted by Gasteiger charge is 2.34. The van der Waals surface area contributed by atoms with Crippen LogP contribution in [0, 0.1) is 3.57 Å². The predicted octanol–water partition coefficient (Wildman–Crippen LogP) is 4.79. The topological polar surface area (TPSA) is 0 Å². The van der Waals surface area contributed by atoms with Gasteiger partial charge in [-0.2, -0.15) is 13.2 Å². The maximum atomic E-state index is 12.5. The summed E-state index contributed by atoms with van der Waals surface area (Å²) in [6.07, 6.45) is -4.42. The summed E-state index contributed by atoms with van der Waals surface area (Å²) in [7, 11) is 0. The molecule has 0 bridgehead atoms. The lowest BCUT2D eigenvalue weighted by Crippen LogP contribution is -2.09. The fraction of sp³-hybridized carbons (Fsp3) is 0.250. The van der Waals surface area contributed by atoms with Gasteiger partial charge in [0.25, 0.3) is 0 Å². The van der Waals surface area contributed by atoms with E-state index in [-0.39, 0.29) is 5.56 Å². The molecule has 78 valence electrons. The molecule has 0 aliphatic heterocycles. The van der Waals surface area contributed by atoms with Crippen LogP contribution in [0.4, 0.5) is 13.2 Å². The molecular weight excluding hydrogens is 351 g/mol. The van der Waals surface area contributed by atoms with E-state index >= 15 is 0 Å². The molecule has 0 aliphatic carbocycles. The Balaban J connectivity index is 3.30. The van der Waals surface area contributed by atoms with E-state index in [2.05, 4.69) is 0 Å². The Bertz CT molecular complexity index is 336. The van der Waals surface area contributed by atoms with Crippen molar-refractivity contribution in [3.63, 3.8) is 0 Å². The number of hydrogen-bond donors (Lipinski definition) is 0. The van der Waals surface area contributed by atoms with Crippen LogP contribution in [0.2, 0.25) is 0 Å². The summed E-state index contributed by atoms with van der Waals surface area (Å²) in [5.41, 5.74) is -0.888. The fourth-order valence-corrected chi connectivity index (χ4v) is 1.84. The molecule has 0 spiro atoms. The van der Waals surface area contributed by atoms with E-state index in [1.165, 1.54) is 12.1 Å². The molecule has 1 aromatic carbocycles. The van der Waals surface area contributed by atoms with Crippen molar-refractivity contribution in [3.05, 3.63) is 32.9 Å². The summed E-state index contributed by atoms with van der Waals surface area (Å²) in [5, 5.41) is 0. The molecule has 0 radical (unpaired) electrons. The number of alkyl halides is 5. The quantitative estimate of drug-likeness (QED) is 0.502. The lowest BCUT2D eigenvalue weighted by atomic mass is 10.1. The second-order valence-electron chi connectivity index (χ2n) is 2.53. The molecular formula is C8H4Cl2F3I. The van der Waals surface area contributed by atoms with Gasteiger partial charge in [-0.05, 0) is 40.3 Å². The lowest BCUT2D eigenvalue weighted by Gasteiger charge is -2.13. The van der Waals surface area contributed by atoms with E-state index in [0.717, 1.165) is 6.07 Å².